The average molecular weight is 310 g/mol. The highest BCUT2D eigenvalue weighted by molar-refractivity contribution is 9.10. The van der Waals surface area contributed by atoms with Crippen molar-refractivity contribution < 1.29 is 0 Å². The number of likely N-dealkylation sites (tertiary alicyclic amines) is 1. The second-order valence-electron chi connectivity index (χ2n) is 5.55. The minimum absolute atomic E-state index is 0.778. The second kappa shape index (κ2) is 5.17. The largest absolute Gasteiger partial charge is 0.369 e. The summed E-state index contributed by atoms with van der Waals surface area (Å²) in [6.45, 7) is 5.69. The van der Waals surface area contributed by atoms with Crippen LogP contribution in [0.3, 0.4) is 0 Å². The number of pyridine rings is 1. The van der Waals surface area contributed by atoms with Gasteiger partial charge in [-0.1, -0.05) is 0 Å². The molecule has 3 nitrogen and oxygen atoms in total. The summed E-state index contributed by atoms with van der Waals surface area (Å²) in [7, 11) is 0. The summed E-state index contributed by atoms with van der Waals surface area (Å²) < 4.78 is 1.10. The number of halogens is 1. The summed E-state index contributed by atoms with van der Waals surface area (Å²) in [6.07, 6.45) is 6.04. The fraction of sp³-hybridized carbons (Fsp3) is 0.643. The van der Waals surface area contributed by atoms with E-state index >= 15 is 0 Å². The first kappa shape index (κ1) is 12.4. The van der Waals surface area contributed by atoms with Gasteiger partial charge in [-0.25, -0.2) is 4.98 Å². The quantitative estimate of drug-likeness (QED) is 0.926. The van der Waals surface area contributed by atoms with Crippen molar-refractivity contribution in [2.24, 2.45) is 5.92 Å². The molecule has 1 aromatic heterocycles. The molecule has 1 saturated carbocycles. The molecule has 2 fully saturated rings. The highest BCUT2D eigenvalue weighted by atomic mass is 79.9. The summed E-state index contributed by atoms with van der Waals surface area (Å²) in [4.78, 5) is 7.05. The topological polar surface area (TPSA) is 28.2 Å². The van der Waals surface area contributed by atoms with Gasteiger partial charge in [0, 0.05) is 25.3 Å². The molecule has 1 aliphatic carbocycles. The first-order valence-corrected chi connectivity index (χ1v) is 7.62. The lowest BCUT2D eigenvalue weighted by Crippen LogP contribution is -2.25. The Morgan fingerprint density at radius 1 is 1.44 bits per heavy atom. The highest BCUT2D eigenvalue weighted by Gasteiger charge is 2.34. The molecule has 1 atom stereocenters. The van der Waals surface area contributed by atoms with Crippen LogP contribution >= 0.6 is 15.9 Å². The zero-order valence-electron chi connectivity index (χ0n) is 10.8. The highest BCUT2D eigenvalue weighted by Crippen LogP contribution is 2.32. The van der Waals surface area contributed by atoms with Crippen LogP contribution in [0.5, 0.6) is 0 Å². The molecule has 3 rings (SSSR count). The van der Waals surface area contributed by atoms with Gasteiger partial charge >= 0.3 is 0 Å². The zero-order valence-corrected chi connectivity index (χ0v) is 12.4. The predicted molar refractivity (Wildman–Crippen MR) is 77.9 cm³/mol. The van der Waals surface area contributed by atoms with Crippen molar-refractivity contribution in [3.63, 3.8) is 0 Å². The third kappa shape index (κ3) is 2.69. The van der Waals surface area contributed by atoms with Crippen LogP contribution in [0.4, 0.5) is 5.82 Å². The molecule has 1 aromatic rings. The van der Waals surface area contributed by atoms with E-state index in [0.29, 0.717) is 0 Å². The van der Waals surface area contributed by atoms with Crippen LogP contribution in [0.2, 0.25) is 0 Å². The normalized spacial score (nSPS) is 24.4. The number of rotatable bonds is 4. The van der Waals surface area contributed by atoms with E-state index in [-0.39, 0.29) is 0 Å². The molecule has 2 aliphatic rings. The van der Waals surface area contributed by atoms with E-state index in [4.69, 9.17) is 0 Å². The van der Waals surface area contributed by atoms with Crippen LogP contribution < -0.4 is 5.32 Å². The maximum absolute atomic E-state index is 4.39. The Labute approximate surface area is 117 Å². The van der Waals surface area contributed by atoms with Crippen molar-refractivity contribution in [3.8, 4) is 0 Å². The standard InChI is InChI=1S/C14H20BrN3/c1-10-4-6-16-14(13(10)15)17-8-11-5-7-18(9-11)12-2-3-12/h4,6,11-12H,2-3,5,7-9H2,1H3,(H,16,17). The van der Waals surface area contributed by atoms with E-state index in [1.807, 2.05) is 12.3 Å². The molecule has 0 radical (unpaired) electrons. The summed E-state index contributed by atoms with van der Waals surface area (Å²) in [5.41, 5.74) is 1.23. The van der Waals surface area contributed by atoms with Gasteiger partial charge in [-0.15, -0.1) is 0 Å². The predicted octanol–water partition coefficient (Wildman–Crippen LogP) is 3.05. The SMILES string of the molecule is Cc1ccnc(NCC2CCN(C3CC3)C2)c1Br. The first-order valence-electron chi connectivity index (χ1n) is 6.83. The van der Waals surface area contributed by atoms with E-state index in [1.54, 1.807) is 0 Å². The number of aromatic nitrogens is 1. The number of hydrogen-bond donors (Lipinski definition) is 1. The van der Waals surface area contributed by atoms with Gasteiger partial charge in [0.25, 0.3) is 0 Å². The van der Waals surface area contributed by atoms with Gasteiger partial charge in [0.05, 0.1) is 4.47 Å². The van der Waals surface area contributed by atoms with Crippen molar-refractivity contribution in [1.29, 1.82) is 0 Å². The fourth-order valence-electron chi connectivity index (χ4n) is 2.71. The van der Waals surface area contributed by atoms with Gasteiger partial charge in [0.15, 0.2) is 0 Å². The molecule has 1 unspecified atom stereocenters. The number of aryl methyl sites for hydroxylation is 1. The van der Waals surface area contributed by atoms with Crippen molar-refractivity contribution >= 4 is 21.7 Å². The van der Waals surface area contributed by atoms with Crippen LogP contribution in [0, 0.1) is 12.8 Å². The van der Waals surface area contributed by atoms with Crippen molar-refractivity contribution in [2.45, 2.75) is 32.2 Å². The minimum Gasteiger partial charge on any atom is -0.369 e. The monoisotopic (exact) mass is 309 g/mol. The summed E-state index contributed by atoms with van der Waals surface area (Å²) in [6, 6.07) is 2.94. The molecule has 0 aromatic carbocycles. The Balaban J connectivity index is 1.53. The third-order valence-electron chi connectivity index (χ3n) is 4.02. The molecule has 0 bridgehead atoms. The van der Waals surface area contributed by atoms with E-state index in [1.165, 1.54) is 37.9 Å². The Hall–Kier alpha value is -0.610. The Morgan fingerprint density at radius 3 is 3.06 bits per heavy atom. The molecule has 0 amide bonds. The fourth-order valence-corrected chi connectivity index (χ4v) is 3.08. The molecule has 2 heterocycles. The Bertz CT molecular complexity index is 431. The van der Waals surface area contributed by atoms with Crippen molar-refractivity contribution in [2.75, 3.05) is 25.0 Å². The lowest BCUT2D eigenvalue weighted by Gasteiger charge is -2.16. The summed E-state index contributed by atoms with van der Waals surface area (Å²) in [5, 5.41) is 3.49. The lowest BCUT2D eigenvalue weighted by atomic mass is 10.1. The number of hydrogen-bond acceptors (Lipinski definition) is 3. The van der Waals surface area contributed by atoms with Gasteiger partial charge in [-0.3, -0.25) is 0 Å². The van der Waals surface area contributed by atoms with Gasteiger partial charge in [-0.2, -0.15) is 0 Å². The van der Waals surface area contributed by atoms with Gasteiger partial charge in [-0.05, 0) is 66.2 Å². The average Bonchev–Trinajstić information content (AvgIpc) is 3.11. The molecule has 98 valence electrons. The molecule has 4 heteroatoms. The second-order valence-corrected chi connectivity index (χ2v) is 6.35. The third-order valence-corrected chi connectivity index (χ3v) is 5.02. The maximum Gasteiger partial charge on any atom is 0.140 e. The molecule has 1 aliphatic heterocycles. The Morgan fingerprint density at radius 2 is 2.28 bits per heavy atom. The van der Waals surface area contributed by atoms with E-state index in [2.05, 4.69) is 38.1 Å². The molecular formula is C14H20BrN3. The smallest absolute Gasteiger partial charge is 0.140 e. The van der Waals surface area contributed by atoms with Crippen LogP contribution in [-0.2, 0) is 0 Å². The van der Waals surface area contributed by atoms with Gasteiger partial charge in [0.1, 0.15) is 5.82 Å². The van der Waals surface area contributed by atoms with E-state index < -0.39 is 0 Å². The Kier molecular flexibility index (Phi) is 3.57. The van der Waals surface area contributed by atoms with E-state index in [9.17, 15) is 0 Å². The lowest BCUT2D eigenvalue weighted by molar-refractivity contribution is 0.316. The van der Waals surface area contributed by atoms with Crippen LogP contribution in [0.25, 0.3) is 0 Å². The van der Waals surface area contributed by atoms with E-state index in [0.717, 1.165) is 28.8 Å². The molecule has 18 heavy (non-hydrogen) atoms. The summed E-state index contributed by atoms with van der Waals surface area (Å²) >= 11 is 3.60. The van der Waals surface area contributed by atoms with Crippen LogP contribution in [0.15, 0.2) is 16.7 Å². The zero-order chi connectivity index (χ0) is 12.5. The maximum atomic E-state index is 4.39. The first-order chi connectivity index (χ1) is 8.74. The van der Waals surface area contributed by atoms with Gasteiger partial charge in [0.2, 0.25) is 0 Å². The molecular weight excluding hydrogens is 290 g/mol. The number of nitrogens with zero attached hydrogens (tertiary/aromatic N) is 2. The molecule has 1 N–H and O–H groups in total. The van der Waals surface area contributed by atoms with Crippen molar-refractivity contribution in [3.05, 3.63) is 22.3 Å². The van der Waals surface area contributed by atoms with Crippen LogP contribution in [0.1, 0.15) is 24.8 Å². The molecule has 0 spiro atoms. The van der Waals surface area contributed by atoms with Gasteiger partial charge < -0.3 is 10.2 Å². The minimum atomic E-state index is 0.778. The summed E-state index contributed by atoms with van der Waals surface area (Å²) in [5.74, 6) is 1.76. The van der Waals surface area contributed by atoms with Crippen LogP contribution in [-0.4, -0.2) is 35.6 Å². The number of anilines is 1. The molecule has 1 saturated heterocycles. The number of nitrogens with one attached hydrogen (secondary N) is 1. The van der Waals surface area contributed by atoms with Crippen molar-refractivity contribution in [1.82, 2.24) is 9.88 Å².